The molecule has 2 saturated heterocycles. The van der Waals surface area contributed by atoms with Gasteiger partial charge in [0.25, 0.3) is 0 Å². The predicted molar refractivity (Wildman–Crippen MR) is 111 cm³/mol. The van der Waals surface area contributed by atoms with Crippen molar-refractivity contribution in [3.63, 3.8) is 0 Å². The summed E-state index contributed by atoms with van der Waals surface area (Å²) in [4.78, 5) is 17.1. The smallest absolute Gasteiger partial charge is 0.248 e. The van der Waals surface area contributed by atoms with Crippen molar-refractivity contribution in [1.82, 2.24) is 9.80 Å². The van der Waals surface area contributed by atoms with Crippen molar-refractivity contribution in [1.29, 1.82) is 0 Å². The van der Waals surface area contributed by atoms with Crippen molar-refractivity contribution in [3.05, 3.63) is 71.3 Å². The van der Waals surface area contributed by atoms with E-state index < -0.39 is 0 Å². The third kappa shape index (κ3) is 3.98. The van der Waals surface area contributed by atoms with Crippen LogP contribution in [0.5, 0.6) is 0 Å². The van der Waals surface area contributed by atoms with Gasteiger partial charge in [0.1, 0.15) is 6.61 Å². The van der Waals surface area contributed by atoms with E-state index in [-0.39, 0.29) is 12.5 Å². The Morgan fingerprint density at radius 3 is 2.54 bits per heavy atom. The van der Waals surface area contributed by atoms with Gasteiger partial charge < -0.3 is 9.64 Å². The van der Waals surface area contributed by atoms with Crippen LogP contribution in [-0.4, -0.2) is 55.1 Å². The Kier molecular flexibility index (Phi) is 5.79. The minimum Gasteiger partial charge on any atom is -0.375 e. The van der Waals surface area contributed by atoms with Crippen molar-refractivity contribution in [3.8, 4) is 0 Å². The van der Waals surface area contributed by atoms with E-state index in [0.29, 0.717) is 17.9 Å². The molecule has 148 valence electrons. The van der Waals surface area contributed by atoms with Crippen LogP contribution in [0.15, 0.2) is 54.6 Å². The molecule has 2 aliphatic heterocycles. The van der Waals surface area contributed by atoms with Crippen molar-refractivity contribution in [2.45, 2.75) is 31.8 Å². The van der Waals surface area contributed by atoms with Gasteiger partial charge >= 0.3 is 0 Å². The fourth-order valence-corrected chi connectivity index (χ4v) is 4.95. The number of hydrogen-bond acceptors (Lipinski definition) is 3. The van der Waals surface area contributed by atoms with Gasteiger partial charge in [-0.2, -0.15) is 0 Å². The monoisotopic (exact) mass is 378 g/mol. The van der Waals surface area contributed by atoms with Crippen LogP contribution in [0.25, 0.3) is 0 Å². The zero-order valence-electron chi connectivity index (χ0n) is 16.9. The maximum atomic E-state index is 12.4. The topological polar surface area (TPSA) is 32.8 Å². The first-order chi connectivity index (χ1) is 13.7. The quantitative estimate of drug-likeness (QED) is 0.799. The Morgan fingerprint density at radius 1 is 1.07 bits per heavy atom. The molecule has 2 heterocycles. The molecular formula is C24H30N2O2. The predicted octanol–water partition coefficient (Wildman–Crippen LogP) is 3.46. The lowest BCUT2D eigenvalue weighted by molar-refractivity contribution is -0.137. The second-order valence-electron chi connectivity index (χ2n) is 8.22. The first-order valence-electron chi connectivity index (χ1n) is 10.3. The number of ether oxygens (including phenoxy) is 1. The third-order valence-electron chi connectivity index (χ3n) is 6.39. The molecule has 28 heavy (non-hydrogen) atoms. The summed E-state index contributed by atoms with van der Waals surface area (Å²) >= 11 is 0. The molecule has 0 saturated carbocycles. The number of likely N-dealkylation sites (tertiary alicyclic amines) is 2. The number of benzene rings is 2. The highest BCUT2D eigenvalue weighted by molar-refractivity contribution is 5.77. The molecule has 2 aromatic rings. The molecule has 2 fully saturated rings. The summed E-state index contributed by atoms with van der Waals surface area (Å²) in [5.74, 6) is 1.05. The third-order valence-corrected chi connectivity index (χ3v) is 6.39. The van der Waals surface area contributed by atoms with Crippen LogP contribution in [0.4, 0.5) is 0 Å². The summed E-state index contributed by atoms with van der Waals surface area (Å²) in [6.45, 7) is 6.01. The van der Waals surface area contributed by atoms with E-state index in [4.69, 9.17) is 4.74 Å². The minimum atomic E-state index is 0.116. The number of carbonyl (C=O) groups is 1. The van der Waals surface area contributed by atoms with Gasteiger partial charge in [-0.15, -0.1) is 0 Å². The summed E-state index contributed by atoms with van der Waals surface area (Å²) < 4.78 is 5.09. The van der Waals surface area contributed by atoms with Crippen molar-refractivity contribution in [2.24, 2.45) is 5.92 Å². The maximum Gasteiger partial charge on any atom is 0.248 e. The number of hydrogen-bond donors (Lipinski definition) is 0. The molecule has 0 N–H and O–H groups in total. The van der Waals surface area contributed by atoms with Gasteiger partial charge in [-0.25, -0.2) is 0 Å². The van der Waals surface area contributed by atoms with Gasteiger partial charge in [-0.3, -0.25) is 9.69 Å². The molecule has 0 aliphatic carbocycles. The average molecular weight is 379 g/mol. The van der Waals surface area contributed by atoms with Gasteiger partial charge in [-0.1, -0.05) is 60.2 Å². The van der Waals surface area contributed by atoms with E-state index in [1.165, 1.54) is 16.7 Å². The Labute approximate surface area is 168 Å². The highest BCUT2D eigenvalue weighted by atomic mass is 16.5. The molecule has 1 amide bonds. The zero-order valence-corrected chi connectivity index (χ0v) is 16.9. The first-order valence-corrected chi connectivity index (χ1v) is 10.3. The minimum absolute atomic E-state index is 0.116. The van der Waals surface area contributed by atoms with Gasteiger partial charge in [0.2, 0.25) is 5.91 Å². The summed E-state index contributed by atoms with van der Waals surface area (Å²) in [6, 6.07) is 20.2. The molecule has 0 unspecified atom stereocenters. The SMILES string of the molecule is COCC(=O)N1CC[C@@H]2[C@H](C1)[C@@H](c1ccc(C)cc1)CN2Cc1ccccc1. The second kappa shape index (κ2) is 8.46. The lowest BCUT2D eigenvalue weighted by Crippen LogP contribution is -2.49. The van der Waals surface area contributed by atoms with E-state index in [0.717, 1.165) is 32.6 Å². The molecule has 0 spiro atoms. The molecular weight excluding hydrogens is 348 g/mol. The molecule has 4 heteroatoms. The van der Waals surface area contributed by atoms with E-state index in [2.05, 4.69) is 66.4 Å². The van der Waals surface area contributed by atoms with Crippen molar-refractivity contribution < 1.29 is 9.53 Å². The number of piperidine rings is 1. The average Bonchev–Trinajstić information content (AvgIpc) is 3.07. The van der Waals surface area contributed by atoms with Crippen LogP contribution in [-0.2, 0) is 16.1 Å². The Bertz CT molecular complexity index is 790. The van der Waals surface area contributed by atoms with E-state index in [1.54, 1.807) is 7.11 Å². The van der Waals surface area contributed by atoms with Crippen LogP contribution in [0.2, 0.25) is 0 Å². The van der Waals surface area contributed by atoms with E-state index in [1.807, 2.05) is 4.90 Å². The molecule has 4 nitrogen and oxygen atoms in total. The first kappa shape index (κ1) is 19.2. The number of carbonyl (C=O) groups excluding carboxylic acids is 1. The Hall–Kier alpha value is -2.17. The van der Waals surface area contributed by atoms with Crippen molar-refractivity contribution in [2.75, 3.05) is 33.4 Å². The summed E-state index contributed by atoms with van der Waals surface area (Å²) in [7, 11) is 1.59. The fraction of sp³-hybridized carbons (Fsp3) is 0.458. The molecule has 0 aromatic heterocycles. The number of nitrogens with zero attached hydrogens (tertiary/aromatic N) is 2. The molecule has 2 aromatic carbocycles. The van der Waals surface area contributed by atoms with E-state index >= 15 is 0 Å². The highest BCUT2D eigenvalue weighted by Crippen LogP contribution is 2.42. The largest absolute Gasteiger partial charge is 0.375 e. The second-order valence-corrected chi connectivity index (χ2v) is 8.22. The van der Waals surface area contributed by atoms with Crippen LogP contribution in [0.3, 0.4) is 0 Å². The Morgan fingerprint density at radius 2 is 1.82 bits per heavy atom. The summed E-state index contributed by atoms with van der Waals surface area (Å²) in [5, 5.41) is 0. The zero-order chi connectivity index (χ0) is 19.5. The molecule has 4 rings (SSSR count). The van der Waals surface area contributed by atoms with Crippen LogP contribution in [0, 0.1) is 12.8 Å². The van der Waals surface area contributed by atoms with Gasteiger partial charge in [0.15, 0.2) is 0 Å². The Balaban J connectivity index is 1.57. The van der Waals surface area contributed by atoms with Crippen molar-refractivity contribution >= 4 is 5.91 Å². The molecule has 0 bridgehead atoms. The number of amides is 1. The van der Waals surface area contributed by atoms with E-state index in [9.17, 15) is 4.79 Å². The lowest BCUT2D eigenvalue weighted by atomic mass is 9.81. The van der Waals surface area contributed by atoms with Gasteiger partial charge in [0, 0.05) is 51.2 Å². The number of rotatable bonds is 5. The summed E-state index contributed by atoms with van der Waals surface area (Å²) in [6.07, 6.45) is 1.04. The molecule has 3 atom stereocenters. The van der Waals surface area contributed by atoms with Crippen LogP contribution in [0.1, 0.15) is 29.0 Å². The number of aryl methyl sites for hydroxylation is 1. The van der Waals surface area contributed by atoms with Crippen LogP contribution < -0.4 is 0 Å². The highest BCUT2D eigenvalue weighted by Gasteiger charge is 2.45. The summed E-state index contributed by atoms with van der Waals surface area (Å²) in [5.41, 5.74) is 4.06. The standard InChI is InChI=1S/C24H30N2O2/c1-18-8-10-20(11-9-18)21-15-26(14-19-6-4-3-5-7-19)23-12-13-25(16-22(21)23)24(27)17-28-2/h3-11,21-23H,12-17H2,1-2H3/t21-,22-,23-/m1/s1. The molecule has 2 aliphatic rings. The number of fused-ring (bicyclic) bond motifs is 1. The maximum absolute atomic E-state index is 12.4. The number of methoxy groups -OCH3 is 1. The normalized spacial score (nSPS) is 24.9. The fourth-order valence-electron chi connectivity index (χ4n) is 4.95. The molecule has 0 radical (unpaired) electrons. The van der Waals surface area contributed by atoms with Crippen LogP contribution >= 0.6 is 0 Å². The lowest BCUT2D eigenvalue weighted by Gasteiger charge is -2.39. The van der Waals surface area contributed by atoms with Gasteiger partial charge in [0.05, 0.1) is 0 Å². The van der Waals surface area contributed by atoms with Gasteiger partial charge in [-0.05, 0) is 24.5 Å².